The van der Waals surface area contributed by atoms with Crippen LogP contribution in [0.2, 0.25) is 0 Å². The van der Waals surface area contributed by atoms with E-state index in [1.165, 1.54) is 11.8 Å². The van der Waals surface area contributed by atoms with Gasteiger partial charge in [-0.25, -0.2) is 4.39 Å². The van der Waals surface area contributed by atoms with Gasteiger partial charge in [0, 0.05) is 36.5 Å². The molecule has 0 unspecified atom stereocenters. The summed E-state index contributed by atoms with van der Waals surface area (Å²) in [5, 5.41) is 2.85. The molecule has 3 saturated carbocycles. The number of nitrogens with two attached hydrogens (primary N) is 1. The van der Waals surface area contributed by atoms with Crippen molar-refractivity contribution >= 4 is 5.91 Å². The van der Waals surface area contributed by atoms with E-state index < -0.39 is 17.2 Å². The minimum Gasteiger partial charge on any atom is -0.489 e. The van der Waals surface area contributed by atoms with Gasteiger partial charge in [-0.05, 0) is 73.3 Å². The number of aromatic nitrogens is 1. The highest BCUT2D eigenvalue weighted by Gasteiger charge is 2.52. The first kappa shape index (κ1) is 25.2. The zero-order valence-corrected chi connectivity index (χ0v) is 19.3. The molecule has 2 aromatic rings. The largest absolute Gasteiger partial charge is 0.489 e. The first-order valence-electron chi connectivity index (χ1n) is 11.7. The van der Waals surface area contributed by atoms with Gasteiger partial charge in [0.2, 0.25) is 5.91 Å². The lowest BCUT2D eigenvalue weighted by molar-refractivity contribution is -0.138. The molecule has 1 aromatic heterocycles. The summed E-state index contributed by atoms with van der Waals surface area (Å²) in [7, 11) is 0. The van der Waals surface area contributed by atoms with Crippen molar-refractivity contribution in [3.63, 3.8) is 0 Å². The number of pyridine rings is 1. The second-order valence-corrected chi connectivity index (χ2v) is 9.61. The van der Waals surface area contributed by atoms with Crippen LogP contribution in [0, 0.1) is 5.41 Å². The van der Waals surface area contributed by atoms with Gasteiger partial charge in [-0.15, -0.1) is 0 Å². The molecule has 0 saturated heterocycles. The van der Waals surface area contributed by atoms with E-state index in [0.29, 0.717) is 23.2 Å². The third kappa shape index (κ3) is 5.34. The van der Waals surface area contributed by atoms with Crippen LogP contribution in [-0.4, -0.2) is 24.0 Å². The van der Waals surface area contributed by atoms with E-state index in [4.69, 9.17) is 10.5 Å². The molecule has 1 amide bonds. The highest BCUT2D eigenvalue weighted by atomic mass is 19.4. The predicted octanol–water partition coefficient (Wildman–Crippen LogP) is 5.20. The van der Waals surface area contributed by atoms with E-state index in [1.54, 1.807) is 0 Å². The van der Waals surface area contributed by atoms with Crippen LogP contribution >= 0.6 is 0 Å². The summed E-state index contributed by atoms with van der Waals surface area (Å²) in [5.41, 5.74) is 6.07. The van der Waals surface area contributed by atoms with E-state index in [2.05, 4.69) is 10.3 Å². The smallest absolute Gasteiger partial charge is 0.417 e. The van der Waals surface area contributed by atoms with Gasteiger partial charge in [-0.2, -0.15) is 13.2 Å². The van der Waals surface area contributed by atoms with E-state index in [0.717, 1.165) is 50.8 Å². The number of carbonyl (C=O) groups is 1. The number of ether oxygens (including phenoxy) is 1. The third-order valence-corrected chi connectivity index (χ3v) is 7.61. The molecular weight excluding hydrogens is 462 g/mol. The molecule has 0 aliphatic heterocycles. The first-order chi connectivity index (χ1) is 16.7. The van der Waals surface area contributed by atoms with Crippen molar-refractivity contribution in [3.05, 3.63) is 71.3 Å². The highest BCUT2D eigenvalue weighted by Crippen LogP contribution is 2.58. The molecule has 188 valence electrons. The molecule has 0 radical (unpaired) electrons. The maximum absolute atomic E-state index is 13.1. The maximum atomic E-state index is 13.1. The summed E-state index contributed by atoms with van der Waals surface area (Å²) in [5.74, 6) is 0.547. The number of hydrogen-bond donors (Lipinski definition) is 2. The minimum atomic E-state index is -4.47. The molecular formula is C26H29F4N3O2. The van der Waals surface area contributed by atoms with Gasteiger partial charge in [0.05, 0.1) is 11.9 Å². The van der Waals surface area contributed by atoms with E-state index >= 15 is 0 Å². The van der Waals surface area contributed by atoms with Gasteiger partial charge in [0.15, 0.2) is 0 Å². The fraction of sp³-hybridized carbons (Fsp3) is 0.462. The van der Waals surface area contributed by atoms with Gasteiger partial charge in [0.1, 0.15) is 12.4 Å². The Labute approximate surface area is 201 Å². The van der Waals surface area contributed by atoms with Crippen LogP contribution in [0.4, 0.5) is 17.6 Å². The molecule has 3 fully saturated rings. The molecule has 9 heteroatoms. The number of nitrogens with one attached hydrogen (secondary N) is 1. The normalized spacial score (nSPS) is 24.3. The third-order valence-electron chi connectivity index (χ3n) is 7.61. The van der Waals surface area contributed by atoms with Gasteiger partial charge < -0.3 is 15.8 Å². The predicted molar refractivity (Wildman–Crippen MR) is 123 cm³/mol. The number of amides is 1. The Balaban J connectivity index is 1.35. The number of alkyl halides is 3. The lowest BCUT2D eigenvalue weighted by Gasteiger charge is -2.52. The van der Waals surface area contributed by atoms with Crippen molar-refractivity contribution in [1.82, 2.24) is 10.3 Å². The number of hydrogen-bond acceptors (Lipinski definition) is 4. The van der Waals surface area contributed by atoms with E-state index in [-0.39, 0.29) is 31.0 Å². The van der Waals surface area contributed by atoms with Crippen LogP contribution in [0.25, 0.3) is 0 Å². The van der Waals surface area contributed by atoms with Crippen LogP contribution in [0.15, 0.2) is 54.6 Å². The highest BCUT2D eigenvalue weighted by molar-refractivity contribution is 5.83. The minimum absolute atomic E-state index is 0.00673. The molecule has 3 aliphatic carbocycles. The summed E-state index contributed by atoms with van der Waals surface area (Å²) in [6.45, 7) is 0.225. The van der Waals surface area contributed by atoms with Crippen LogP contribution in [-0.2, 0) is 22.9 Å². The van der Waals surface area contributed by atoms with Gasteiger partial charge in [0.25, 0.3) is 0 Å². The second kappa shape index (κ2) is 9.97. The summed E-state index contributed by atoms with van der Waals surface area (Å²) < 4.78 is 57.0. The standard InChI is InChI=1S/C26H29F4N3O2/c27-12-19(13-31)17-35-22-3-1-20(2-4-22)24-5-8-25(9-6-24,10-7-24)23(34)33-15-18-11-21(16-32-14-18)26(28,29)30/h1-4,11-12,14,16H,5-10,13,15,17,31H2,(H,33,34)/b19-12+. The van der Waals surface area contributed by atoms with Crippen LogP contribution in [0.5, 0.6) is 5.75 Å². The van der Waals surface area contributed by atoms with Gasteiger partial charge >= 0.3 is 6.18 Å². The van der Waals surface area contributed by atoms with Crippen molar-refractivity contribution in [2.75, 3.05) is 13.2 Å². The first-order valence-corrected chi connectivity index (χ1v) is 11.7. The molecule has 1 aromatic carbocycles. The molecule has 35 heavy (non-hydrogen) atoms. The zero-order chi connectivity index (χ0) is 25.1. The van der Waals surface area contributed by atoms with Crippen molar-refractivity contribution in [1.29, 1.82) is 0 Å². The van der Waals surface area contributed by atoms with Crippen LogP contribution in [0.1, 0.15) is 55.2 Å². The molecule has 5 nitrogen and oxygen atoms in total. The molecule has 3 aliphatic rings. The van der Waals surface area contributed by atoms with Crippen molar-refractivity contribution in [3.8, 4) is 5.75 Å². The topological polar surface area (TPSA) is 77.2 Å². The SMILES string of the molecule is NC/C(=C\F)COc1ccc(C23CCC(C(=O)NCc4cncc(C(F)(F)F)c4)(CC2)CC3)cc1. The lowest BCUT2D eigenvalue weighted by Crippen LogP contribution is -2.51. The molecule has 5 rings (SSSR count). The number of halogens is 4. The molecule has 2 bridgehead atoms. The number of fused-ring (bicyclic) bond motifs is 3. The molecule has 3 N–H and O–H groups in total. The fourth-order valence-electron chi connectivity index (χ4n) is 5.28. The number of rotatable bonds is 8. The van der Waals surface area contributed by atoms with E-state index in [1.807, 2.05) is 24.3 Å². The Morgan fingerprint density at radius 3 is 2.31 bits per heavy atom. The number of nitrogens with zero attached hydrogens (tertiary/aromatic N) is 1. The van der Waals surface area contributed by atoms with Crippen molar-refractivity contribution < 1.29 is 27.1 Å². The van der Waals surface area contributed by atoms with Gasteiger partial charge in [-0.3, -0.25) is 9.78 Å². The average molecular weight is 492 g/mol. The quantitative estimate of drug-likeness (QED) is 0.498. The zero-order valence-electron chi connectivity index (χ0n) is 19.3. The summed E-state index contributed by atoms with van der Waals surface area (Å²) in [4.78, 5) is 16.7. The molecule has 0 atom stereocenters. The Kier molecular flexibility index (Phi) is 7.17. The average Bonchev–Trinajstić information content (AvgIpc) is 2.89. The monoisotopic (exact) mass is 491 g/mol. The van der Waals surface area contributed by atoms with E-state index in [9.17, 15) is 22.4 Å². The molecule has 0 spiro atoms. The Morgan fingerprint density at radius 2 is 1.74 bits per heavy atom. The molecule has 1 heterocycles. The number of benzene rings is 1. The van der Waals surface area contributed by atoms with Crippen molar-refractivity contribution in [2.45, 2.75) is 56.7 Å². The number of carbonyl (C=O) groups excluding carboxylic acids is 1. The Bertz CT molecular complexity index is 1060. The van der Waals surface area contributed by atoms with Crippen LogP contribution < -0.4 is 15.8 Å². The summed E-state index contributed by atoms with van der Waals surface area (Å²) in [6.07, 6.45) is 2.94. The van der Waals surface area contributed by atoms with Gasteiger partial charge in [-0.1, -0.05) is 12.1 Å². The lowest BCUT2D eigenvalue weighted by atomic mass is 9.51. The maximum Gasteiger partial charge on any atom is 0.417 e. The van der Waals surface area contributed by atoms with Crippen molar-refractivity contribution in [2.24, 2.45) is 11.1 Å². The summed E-state index contributed by atoms with van der Waals surface area (Å²) >= 11 is 0. The second-order valence-electron chi connectivity index (χ2n) is 9.61. The summed E-state index contributed by atoms with van der Waals surface area (Å²) in [6, 6.07) is 8.85. The Hall–Kier alpha value is -2.94. The fourth-order valence-corrected chi connectivity index (χ4v) is 5.28. The Morgan fingerprint density at radius 1 is 1.09 bits per heavy atom. The van der Waals surface area contributed by atoms with Crippen LogP contribution in [0.3, 0.4) is 0 Å².